The Bertz CT molecular complexity index is 686. The maximum Gasteiger partial charge on any atom is 0.228 e. The number of carbonyl (C=O) groups is 1. The third-order valence-corrected chi connectivity index (χ3v) is 5.59. The second-order valence-corrected chi connectivity index (χ2v) is 6.92. The van der Waals surface area contributed by atoms with E-state index in [1.54, 1.807) is 17.4 Å². The number of nitrogens with one attached hydrogen (secondary N) is 2. The van der Waals surface area contributed by atoms with E-state index in [9.17, 15) is 4.79 Å². The van der Waals surface area contributed by atoms with Crippen molar-refractivity contribution in [2.24, 2.45) is 0 Å². The zero-order valence-electron chi connectivity index (χ0n) is 10.7. The van der Waals surface area contributed by atoms with E-state index in [2.05, 4.69) is 33.5 Å². The molecule has 104 valence electrons. The highest BCUT2D eigenvalue weighted by Gasteiger charge is 2.20. The van der Waals surface area contributed by atoms with E-state index in [1.807, 2.05) is 17.5 Å². The van der Waals surface area contributed by atoms with E-state index in [-0.39, 0.29) is 11.9 Å². The molecule has 2 heterocycles. The molecule has 0 aliphatic carbocycles. The van der Waals surface area contributed by atoms with Gasteiger partial charge in [-0.3, -0.25) is 4.79 Å². The van der Waals surface area contributed by atoms with Gasteiger partial charge in [0.1, 0.15) is 0 Å². The van der Waals surface area contributed by atoms with Gasteiger partial charge in [0.05, 0.1) is 23.2 Å². The normalized spacial score (nSPS) is 14.8. The van der Waals surface area contributed by atoms with Crippen molar-refractivity contribution >= 4 is 56.1 Å². The van der Waals surface area contributed by atoms with Crippen molar-refractivity contribution in [2.75, 3.05) is 10.6 Å². The monoisotopic (exact) mass is 370 g/mol. The minimum absolute atomic E-state index is 0.0160. The predicted molar refractivity (Wildman–Crippen MR) is 87.8 cm³/mol. The fraction of sp³-hybridized carbons (Fsp3) is 0.214. The van der Waals surface area contributed by atoms with Crippen LogP contribution in [0.5, 0.6) is 0 Å². The van der Waals surface area contributed by atoms with E-state index >= 15 is 0 Å². The molecule has 2 aromatic rings. The zero-order chi connectivity index (χ0) is 14.3. The van der Waals surface area contributed by atoms with E-state index in [4.69, 9.17) is 11.6 Å². The topological polar surface area (TPSA) is 41.1 Å². The summed E-state index contributed by atoms with van der Waals surface area (Å²) in [5.74, 6) is 0.0160. The molecule has 0 fully saturated rings. The Kier molecular flexibility index (Phi) is 3.75. The smallest absolute Gasteiger partial charge is 0.228 e. The molecule has 1 aromatic heterocycles. The Balaban J connectivity index is 1.87. The van der Waals surface area contributed by atoms with Gasteiger partial charge in [0.15, 0.2) is 0 Å². The van der Waals surface area contributed by atoms with Crippen LogP contribution in [0.2, 0.25) is 5.02 Å². The lowest BCUT2D eigenvalue weighted by Crippen LogP contribution is -2.06. The number of carbonyl (C=O) groups excluding carboxylic acids is 1. The van der Waals surface area contributed by atoms with Crippen molar-refractivity contribution in [3.05, 3.63) is 43.5 Å². The first-order valence-electron chi connectivity index (χ1n) is 6.16. The van der Waals surface area contributed by atoms with Crippen molar-refractivity contribution in [3.8, 4) is 0 Å². The molecule has 0 radical (unpaired) electrons. The lowest BCUT2D eigenvalue weighted by molar-refractivity contribution is -0.115. The summed E-state index contributed by atoms with van der Waals surface area (Å²) < 4.78 is 1.09. The van der Waals surface area contributed by atoms with Crippen LogP contribution in [0.3, 0.4) is 0 Å². The number of hydrogen-bond acceptors (Lipinski definition) is 3. The zero-order valence-corrected chi connectivity index (χ0v) is 13.8. The molecule has 3 nitrogen and oxygen atoms in total. The SMILES string of the molecule is CC(Nc1cc2c(cc1Cl)NC(=O)C2)c1sccc1Br. The molecule has 0 bridgehead atoms. The minimum Gasteiger partial charge on any atom is -0.376 e. The summed E-state index contributed by atoms with van der Waals surface area (Å²) in [6.45, 7) is 2.09. The highest BCUT2D eigenvalue weighted by atomic mass is 79.9. The minimum atomic E-state index is 0.0160. The van der Waals surface area contributed by atoms with Gasteiger partial charge in [-0.05, 0) is 52.0 Å². The van der Waals surface area contributed by atoms with Gasteiger partial charge in [0.25, 0.3) is 0 Å². The van der Waals surface area contributed by atoms with Crippen LogP contribution in [0.25, 0.3) is 0 Å². The number of amides is 1. The summed E-state index contributed by atoms with van der Waals surface area (Å²) in [7, 11) is 0. The Morgan fingerprint density at radius 2 is 2.30 bits per heavy atom. The summed E-state index contributed by atoms with van der Waals surface area (Å²) in [4.78, 5) is 12.6. The molecule has 20 heavy (non-hydrogen) atoms. The van der Waals surface area contributed by atoms with Gasteiger partial charge in [-0.2, -0.15) is 0 Å². The molecule has 3 rings (SSSR count). The highest BCUT2D eigenvalue weighted by Crippen LogP contribution is 2.36. The predicted octanol–water partition coefficient (Wildman–Crippen LogP) is 4.83. The van der Waals surface area contributed by atoms with Gasteiger partial charge in [0, 0.05) is 15.0 Å². The van der Waals surface area contributed by atoms with Crippen molar-refractivity contribution in [3.63, 3.8) is 0 Å². The quantitative estimate of drug-likeness (QED) is 0.811. The molecule has 1 amide bonds. The first-order valence-corrected chi connectivity index (χ1v) is 8.21. The Hall–Kier alpha value is -1.04. The molecule has 1 atom stereocenters. The second-order valence-electron chi connectivity index (χ2n) is 4.71. The third-order valence-electron chi connectivity index (χ3n) is 3.23. The third kappa shape index (κ3) is 2.57. The molecule has 1 unspecified atom stereocenters. The average Bonchev–Trinajstić information content (AvgIpc) is 2.94. The van der Waals surface area contributed by atoms with Gasteiger partial charge in [-0.1, -0.05) is 11.6 Å². The van der Waals surface area contributed by atoms with E-state index in [0.717, 1.165) is 21.4 Å². The van der Waals surface area contributed by atoms with Crippen LogP contribution in [0.15, 0.2) is 28.1 Å². The first-order chi connectivity index (χ1) is 9.54. The molecule has 1 aromatic carbocycles. The van der Waals surface area contributed by atoms with Crippen LogP contribution in [0, 0.1) is 0 Å². The van der Waals surface area contributed by atoms with Crippen LogP contribution in [0.4, 0.5) is 11.4 Å². The Morgan fingerprint density at radius 1 is 1.50 bits per heavy atom. The molecule has 2 N–H and O–H groups in total. The standard InChI is InChI=1S/C14H12BrClN2OS/c1-7(14-9(15)2-3-20-14)17-12-4-8-5-13(19)18-11(8)6-10(12)16/h2-4,6-7,17H,5H2,1H3,(H,18,19). The van der Waals surface area contributed by atoms with Gasteiger partial charge < -0.3 is 10.6 Å². The molecule has 1 aliphatic rings. The number of fused-ring (bicyclic) bond motifs is 1. The number of benzene rings is 1. The summed E-state index contributed by atoms with van der Waals surface area (Å²) in [5, 5.41) is 8.87. The largest absolute Gasteiger partial charge is 0.376 e. The van der Waals surface area contributed by atoms with Crippen LogP contribution >= 0.6 is 38.9 Å². The maximum absolute atomic E-state index is 11.4. The van der Waals surface area contributed by atoms with Crippen molar-refractivity contribution in [1.82, 2.24) is 0 Å². The molecule has 0 saturated heterocycles. The first kappa shape index (κ1) is 13.9. The molecule has 0 spiro atoms. The van der Waals surface area contributed by atoms with Crippen molar-refractivity contribution in [1.29, 1.82) is 0 Å². The van der Waals surface area contributed by atoms with Gasteiger partial charge in [-0.15, -0.1) is 11.3 Å². The van der Waals surface area contributed by atoms with Gasteiger partial charge >= 0.3 is 0 Å². The number of rotatable bonds is 3. The molecular weight excluding hydrogens is 360 g/mol. The van der Waals surface area contributed by atoms with Crippen molar-refractivity contribution in [2.45, 2.75) is 19.4 Å². The number of halogens is 2. The summed E-state index contributed by atoms with van der Waals surface area (Å²) in [6, 6.07) is 5.93. The summed E-state index contributed by atoms with van der Waals surface area (Å²) in [6.07, 6.45) is 0.415. The average molecular weight is 372 g/mol. The van der Waals surface area contributed by atoms with Gasteiger partial charge in [-0.25, -0.2) is 0 Å². The molecule has 1 aliphatic heterocycles. The Morgan fingerprint density at radius 3 is 3.00 bits per heavy atom. The van der Waals surface area contributed by atoms with E-state index in [1.165, 1.54) is 4.88 Å². The number of hydrogen-bond donors (Lipinski definition) is 2. The summed E-state index contributed by atoms with van der Waals surface area (Å²) in [5.41, 5.74) is 2.66. The number of anilines is 2. The Labute approximate surface area is 134 Å². The maximum atomic E-state index is 11.4. The van der Waals surface area contributed by atoms with Crippen LogP contribution in [-0.2, 0) is 11.2 Å². The number of thiophene rings is 1. The second kappa shape index (κ2) is 5.39. The molecule has 6 heteroatoms. The van der Waals surface area contributed by atoms with Crippen molar-refractivity contribution < 1.29 is 4.79 Å². The lowest BCUT2D eigenvalue weighted by Gasteiger charge is -2.16. The van der Waals surface area contributed by atoms with E-state index < -0.39 is 0 Å². The van der Waals surface area contributed by atoms with E-state index in [0.29, 0.717) is 11.4 Å². The van der Waals surface area contributed by atoms with Gasteiger partial charge in [0.2, 0.25) is 5.91 Å². The molecule has 0 saturated carbocycles. The highest BCUT2D eigenvalue weighted by molar-refractivity contribution is 9.10. The fourth-order valence-electron chi connectivity index (χ4n) is 2.27. The lowest BCUT2D eigenvalue weighted by atomic mass is 10.1. The van der Waals surface area contributed by atoms with Crippen LogP contribution in [-0.4, -0.2) is 5.91 Å². The van der Waals surface area contributed by atoms with Crippen LogP contribution < -0.4 is 10.6 Å². The van der Waals surface area contributed by atoms with Crippen LogP contribution in [0.1, 0.15) is 23.4 Å². The fourth-order valence-corrected chi connectivity index (χ4v) is 4.22. The molecular formula is C14H12BrClN2OS. The summed E-state index contributed by atoms with van der Waals surface area (Å²) >= 11 is 11.5.